The summed E-state index contributed by atoms with van der Waals surface area (Å²) in [6.45, 7) is 9.00. The summed E-state index contributed by atoms with van der Waals surface area (Å²) >= 11 is 0. The van der Waals surface area contributed by atoms with Crippen LogP contribution in [0.3, 0.4) is 0 Å². The fraction of sp³-hybridized carbons (Fsp3) is 0.667. The fourth-order valence-electron chi connectivity index (χ4n) is 1.03. The smallest absolute Gasteiger partial charge is 0.408 e. The van der Waals surface area contributed by atoms with Crippen LogP contribution in [0.15, 0.2) is 0 Å². The molecule has 0 aliphatic heterocycles. The molecule has 0 spiro atoms. The highest BCUT2D eigenvalue weighted by Crippen LogP contribution is 2.09. The lowest BCUT2D eigenvalue weighted by molar-refractivity contribution is -0.123. The molecule has 1 N–H and O–H groups in total. The van der Waals surface area contributed by atoms with E-state index in [9.17, 15) is 9.59 Å². The first-order chi connectivity index (χ1) is 7.17. The topological polar surface area (TPSA) is 55.4 Å². The lowest BCUT2D eigenvalue weighted by atomic mass is 10.0. The molecule has 4 heteroatoms. The van der Waals surface area contributed by atoms with Crippen LogP contribution in [0.1, 0.15) is 34.6 Å². The van der Waals surface area contributed by atoms with Crippen molar-refractivity contribution in [1.29, 1.82) is 0 Å². The number of hydrogen-bond donors (Lipinski definition) is 1. The molecule has 0 bridgehead atoms. The Labute approximate surface area is 96.7 Å². The molecule has 0 unspecified atom stereocenters. The van der Waals surface area contributed by atoms with Crippen LogP contribution in [0.2, 0.25) is 0 Å². The predicted octanol–water partition coefficient (Wildman–Crippen LogP) is 1.74. The molecule has 90 valence electrons. The third-order valence-corrected chi connectivity index (χ3v) is 1.72. The van der Waals surface area contributed by atoms with Gasteiger partial charge in [-0.3, -0.25) is 4.79 Å². The molecule has 0 aromatic heterocycles. The monoisotopic (exact) mass is 225 g/mol. The number of carbonyl (C=O) groups excluding carboxylic acids is 2. The molecule has 0 fully saturated rings. The minimum absolute atomic E-state index is 0.144. The van der Waals surface area contributed by atoms with E-state index in [-0.39, 0.29) is 5.92 Å². The van der Waals surface area contributed by atoms with Gasteiger partial charge < -0.3 is 10.1 Å². The molecule has 0 aliphatic carbocycles. The number of amides is 1. The van der Waals surface area contributed by atoms with E-state index in [0.717, 1.165) is 0 Å². The zero-order valence-electron chi connectivity index (χ0n) is 10.5. The SMILES string of the molecule is C#CC(=O)[C@H](OC(=O)NC(C)(C)C)C(C)C. The van der Waals surface area contributed by atoms with Crippen molar-refractivity contribution in [2.75, 3.05) is 0 Å². The van der Waals surface area contributed by atoms with E-state index in [1.807, 2.05) is 26.7 Å². The van der Waals surface area contributed by atoms with Gasteiger partial charge in [0.25, 0.3) is 0 Å². The first kappa shape index (κ1) is 14.5. The number of alkyl carbamates (subject to hydrolysis) is 1. The lowest BCUT2D eigenvalue weighted by Crippen LogP contribution is -2.44. The summed E-state index contributed by atoms with van der Waals surface area (Å²) < 4.78 is 5.00. The highest BCUT2D eigenvalue weighted by molar-refractivity contribution is 5.99. The van der Waals surface area contributed by atoms with Crippen LogP contribution < -0.4 is 5.32 Å². The van der Waals surface area contributed by atoms with Crippen LogP contribution in [0.25, 0.3) is 0 Å². The van der Waals surface area contributed by atoms with Crippen LogP contribution in [0.5, 0.6) is 0 Å². The second-order valence-electron chi connectivity index (χ2n) is 4.95. The largest absolute Gasteiger partial charge is 0.437 e. The molecular formula is C12H19NO3. The van der Waals surface area contributed by atoms with E-state index >= 15 is 0 Å². The van der Waals surface area contributed by atoms with Gasteiger partial charge in [-0.15, -0.1) is 6.42 Å². The Hall–Kier alpha value is -1.50. The number of ketones is 1. The molecule has 0 aliphatic rings. The van der Waals surface area contributed by atoms with Crippen LogP contribution >= 0.6 is 0 Å². The summed E-state index contributed by atoms with van der Waals surface area (Å²) in [6.07, 6.45) is 3.49. The number of rotatable bonds is 3. The average Bonchev–Trinajstić information content (AvgIpc) is 2.09. The third kappa shape index (κ3) is 5.40. The molecule has 16 heavy (non-hydrogen) atoms. The highest BCUT2D eigenvalue weighted by Gasteiger charge is 2.26. The summed E-state index contributed by atoms with van der Waals surface area (Å²) in [5.74, 6) is 1.31. The van der Waals surface area contributed by atoms with Gasteiger partial charge in [-0.1, -0.05) is 13.8 Å². The lowest BCUT2D eigenvalue weighted by Gasteiger charge is -2.23. The van der Waals surface area contributed by atoms with Crippen molar-refractivity contribution in [1.82, 2.24) is 5.32 Å². The molecule has 0 aromatic rings. The number of ether oxygens (including phenoxy) is 1. The number of carbonyl (C=O) groups is 2. The van der Waals surface area contributed by atoms with Gasteiger partial charge in [0.15, 0.2) is 6.10 Å². The second kappa shape index (κ2) is 5.55. The van der Waals surface area contributed by atoms with E-state index < -0.39 is 23.5 Å². The maximum absolute atomic E-state index is 11.4. The van der Waals surface area contributed by atoms with Gasteiger partial charge in [-0.05, 0) is 32.6 Å². The standard InChI is InChI=1S/C12H19NO3/c1-7-9(14)10(8(2)3)16-11(15)13-12(4,5)6/h1,8,10H,2-6H3,(H,13,15)/t10-/m1/s1. The zero-order chi connectivity index (χ0) is 12.9. The maximum atomic E-state index is 11.4. The Kier molecular flexibility index (Phi) is 5.03. The Morgan fingerprint density at radius 2 is 1.81 bits per heavy atom. The van der Waals surface area contributed by atoms with E-state index in [0.29, 0.717) is 0 Å². The van der Waals surface area contributed by atoms with E-state index in [2.05, 4.69) is 5.32 Å². The van der Waals surface area contributed by atoms with Gasteiger partial charge in [0, 0.05) is 5.54 Å². The molecule has 0 aromatic carbocycles. The van der Waals surface area contributed by atoms with Crippen LogP contribution in [-0.4, -0.2) is 23.5 Å². The molecule has 0 saturated heterocycles. The quantitative estimate of drug-likeness (QED) is 0.588. The zero-order valence-corrected chi connectivity index (χ0v) is 10.5. The highest BCUT2D eigenvalue weighted by atomic mass is 16.6. The number of terminal acetylenes is 1. The van der Waals surface area contributed by atoms with Crippen molar-refractivity contribution < 1.29 is 14.3 Å². The summed E-state index contributed by atoms with van der Waals surface area (Å²) in [5.41, 5.74) is -0.405. The minimum Gasteiger partial charge on any atom is -0.437 e. The number of Topliss-reactive ketones (excluding diaryl/α,β-unsaturated/α-hetero) is 1. The Bertz CT molecular complexity index is 307. The summed E-state index contributed by atoms with van der Waals surface area (Å²) in [4.78, 5) is 22.8. The molecule has 0 rings (SSSR count). The molecule has 0 heterocycles. The fourth-order valence-corrected chi connectivity index (χ4v) is 1.03. The Morgan fingerprint density at radius 3 is 2.12 bits per heavy atom. The van der Waals surface area contributed by atoms with Crippen LogP contribution in [-0.2, 0) is 9.53 Å². The summed E-state index contributed by atoms with van der Waals surface area (Å²) in [5, 5.41) is 2.60. The Morgan fingerprint density at radius 1 is 1.31 bits per heavy atom. The van der Waals surface area contributed by atoms with Crippen molar-refractivity contribution in [3.05, 3.63) is 0 Å². The number of hydrogen-bond acceptors (Lipinski definition) is 3. The van der Waals surface area contributed by atoms with Crippen LogP contribution in [0, 0.1) is 18.3 Å². The van der Waals surface area contributed by atoms with Crippen LogP contribution in [0.4, 0.5) is 4.79 Å². The van der Waals surface area contributed by atoms with Crippen molar-refractivity contribution in [2.45, 2.75) is 46.3 Å². The van der Waals surface area contributed by atoms with Gasteiger partial charge in [0.2, 0.25) is 5.78 Å². The molecule has 0 radical (unpaired) electrons. The number of nitrogens with one attached hydrogen (secondary N) is 1. The molecule has 1 atom stereocenters. The van der Waals surface area contributed by atoms with Gasteiger partial charge in [-0.2, -0.15) is 0 Å². The van der Waals surface area contributed by atoms with Gasteiger partial charge in [0.1, 0.15) is 0 Å². The molecular weight excluding hydrogens is 206 g/mol. The van der Waals surface area contributed by atoms with E-state index in [4.69, 9.17) is 11.2 Å². The third-order valence-electron chi connectivity index (χ3n) is 1.72. The average molecular weight is 225 g/mol. The predicted molar refractivity (Wildman–Crippen MR) is 61.8 cm³/mol. The molecule has 0 saturated carbocycles. The second-order valence-corrected chi connectivity index (χ2v) is 4.95. The van der Waals surface area contributed by atoms with Crippen molar-refractivity contribution in [2.24, 2.45) is 5.92 Å². The molecule has 4 nitrogen and oxygen atoms in total. The normalized spacial score (nSPS) is 12.8. The summed E-state index contributed by atoms with van der Waals surface area (Å²) in [7, 11) is 0. The first-order valence-electron chi connectivity index (χ1n) is 5.16. The first-order valence-corrected chi connectivity index (χ1v) is 5.16. The molecule has 1 amide bonds. The Balaban J connectivity index is 4.49. The van der Waals surface area contributed by atoms with E-state index in [1.165, 1.54) is 0 Å². The van der Waals surface area contributed by atoms with E-state index in [1.54, 1.807) is 13.8 Å². The van der Waals surface area contributed by atoms with Crippen molar-refractivity contribution in [3.63, 3.8) is 0 Å². The van der Waals surface area contributed by atoms with Crippen molar-refractivity contribution in [3.8, 4) is 12.3 Å². The maximum Gasteiger partial charge on any atom is 0.408 e. The van der Waals surface area contributed by atoms with Crippen molar-refractivity contribution >= 4 is 11.9 Å². The van der Waals surface area contributed by atoms with Gasteiger partial charge in [-0.25, -0.2) is 4.79 Å². The summed E-state index contributed by atoms with van der Waals surface area (Å²) in [6, 6.07) is 0. The van der Waals surface area contributed by atoms with Gasteiger partial charge in [0.05, 0.1) is 0 Å². The van der Waals surface area contributed by atoms with Gasteiger partial charge >= 0.3 is 6.09 Å². The minimum atomic E-state index is -0.882.